The molecule has 0 aliphatic heterocycles. The van der Waals surface area contributed by atoms with Gasteiger partial charge in [-0.25, -0.2) is 4.39 Å². The highest BCUT2D eigenvalue weighted by Gasteiger charge is 2.29. The molecule has 1 aromatic rings. The second-order valence-corrected chi connectivity index (χ2v) is 6.19. The molecule has 6 heteroatoms. The number of nitrogens with one attached hydrogen (secondary N) is 2. The summed E-state index contributed by atoms with van der Waals surface area (Å²) in [5.41, 5.74) is -0.407. The molecule has 0 bridgehead atoms. The van der Waals surface area contributed by atoms with E-state index in [1.807, 2.05) is 0 Å². The number of carbonyl (C=O) groups excluding carboxylic acids is 2. The Balaban J connectivity index is 1.90. The summed E-state index contributed by atoms with van der Waals surface area (Å²) < 4.78 is 13.4. The summed E-state index contributed by atoms with van der Waals surface area (Å²) in [6, 6.07) is 4.28. The SMILES string of the molecule is Cc1c(F)cccc1NC(=O)C(=O)NCC1(O)CCCCCC1. The van der Waals surface area contributed by atoms with E-state index in [9.17, 15) is 19.1 Å². The fourth-order valence-electron chi connectivity index (χ4n) is 2.81. The monoisotopic (exact) mass is 322 g/mol. The number of anilines is 1. The maximum atomic E-state index is 13.4. The Labute approximate surface area is 135 Å². The quantitative estimate of drug-likeness (QED) is 0.590. The predicted molar refractivity (Wildman–Crippen MR) is 85.4 cm³/mol. The highest BCUT2D eigenvalue weighted by molar-refractivity contribution is 6.39. The fraction of sp³-hybridized carbons (Fsp3) is 0.529. The summed E-state index contributed by atoms with van der Waals surface area (Å²) in [6.45, 7) is 1.58. The molecule has 0 unspecified atom stereocenters. The molecule has 2 rings (SSSR count). The fourth-order valence-corrected chi connectivity index (χ4v) is 2.81. The van der Waals surface area contributed by atoms with Gasteiger partial charge in [0.15, 0.2) is 0 Å². The molecule has 5 nitrogen and oxygen atoms in total. The van der Waals surface area contributed by atoms with Crippen molar-refractivity contribution in [1.82, 2.24) is 5.32 Å². The van der Waals surface area contributed by atoms with E-state index >= 15 is 0 Å². The molecule has 1 saturated carbocycles. The van der Waals surface area contributed by atoms with E-state index in [2.05, 4.69) is 10.6 Å². The first kappa shape index (κ1) is 17.4. The van der Waals surface area contributed by atoms with Crippen LogP contribution >= 0.6 is 0 Å². The molecule has 126 valence electrons. The number of carbonyl (C=O) groups is 2. The zero-order chi connectivity index (χ0) is 16.9. The minimum Gasteiger partial charge on any atom is -0.388 e. The number of halogens is 1. The van der Waals surface area contributed by atoms with Crippen molar-refractivity contribution in [2.24, 2.45) is 0 Å². The highest BCUT2D eigenvalue weighted by atomic mass is 19.1. The summed E-state index contributed by atoms with van der Waals surface area (Å²) >= 11 is 0. The van der Waals surface area contributed by atoms with Crippen molar-refractivity contribution < 1.29 is 19.1 Å². The van der Waals surface area contributed by atoms with Gasteiger partial charge in [-0.15, -0.1) is 0 Å². The van der Waals surface area contributed by atoms with Crippen LogP contribution in [-0.4, -0.2) is 29.1 Å². The van der Waals surface area contributed by atoms with E-state index in [0.717, 1.165) is 25.7 Å². The van der Waals surface area contributed by atoms with Crippen LogP contribution in [0.5, 0.6) is 0 Å². The molecule has 1 aliphatic rings. The van der Waals surface area contributed by atoms with Gasteiger partial charge in [0.25, 0.3) is 0 Å². The topological polar surface area (TPSA) is 78.4 Å². The number of aliphatic hydroxyl groups is 1. The van der Waals surface area contributed by atoms with Crippen molar-refractivity contribution in [2.45, 2.75) is 51.0 Å². The third-order valence-corrected chi connectivity index (χ3v) is 4.33. The van der Waals surface area contributed by atoms with E-state index in [1.54, 1.807) is 0 Å². The zero-order valence-electron chi connectivity index (χ0n) is 13.3. The van der Waals surface area contributed by atoms with Gasteiger partial charge in [-0.3, -0.25) is 9.59 Å². The number of benzene rings is 1. The van der Waals surface area contributed by atoms with Gasteiger partial charge in [0.2, 0.25) is 0 Å². The average molecular weight is 322 g/mol. The van der Waals surface area contributed by atoms with Gasteiger partial charge in [-0.2, -0.15) is 0 Å². The first-order chi connectivity index (χ1) is 10.9. The summed E-state index contributed by atoms with van der Waals surface area (Å²) in [6.07, 6.45) is 5.24. The third-order valence-electron chi connectivity index (χ3n) is 4.33. The Bertz CT molecular complexity index is 581. The van der Waals surface area contributed by atoms with E-state index in [0.29, 0.717) is 12.8 Å². The largest absolute Gasteiger partial charge is 0.388 e. The van der Waals surface area contributed by atoms with Crippen LogP contribution in [0.25, 0.3) is 0 Å². The van der Waals surface area contributed by atoms with Gasteiger partial charge < -0.3 is 15.7 Å². The lowest BCUT2D eigenvalue weighted by Gasteiger charge is -2.26. The normalized spacial score (nSPS) is 17.2. The van der Waals surface area contributed by atoms with Crippen molar-refractivity contribution in [3.63, 3.8) is 0 Å². The maximum absolute atomic E-state index is 13.4. The van der Waals surface area contributed by atoms with E-state index < -0.39 is 23.2 Å². The standard InChI is InChI=1S/C17H23FN2O3/c1-12-13(18)7-6-8-14(12)20-16(22)15(21)19-11-17(23)9-4-2-3-5-10-17/h6-8,23H,2-5,9-11H2,1H3,(H,19,21)(H,20,22). The molecule has 0 spiro atoms. The van der Waals surface area contributed by atoms with Gasteiger partial charge in [0, 0.05) is 17.8 Å². The lowest BCUT2D eigenvalue weighted by molar-refractivity contribution is -0.136. The van der Waals surface area contributed by atoms with E-state index in [-0.39, 0.29) is 17.8 Å². The number of hydrogen-bond acceptors (Lipinski definition) is 3. The molecule has 0 aromatic heterocycles. The van der Waals surface area contributed by atoms with Crippen LogP contribution in [0.1, 0.15) is 44.1 Å². The minimum absolute atomic E-state index is 0.0569. The number of amides is 2. The summed E-state index contributed by atoms with van der Waals surface area (Å²) in [5.74, 6) is -2.14. The molecule has 3 N–H and O–H groups in total. The molecule has 0 heterocycles. The Morgan fingerprint density at radius 2 is 1.83 bits per heavy atom. The lowest BCUT2D eigenvalue weighted by atomic mass is 9.94. The van der Waals surface area contributed by atoms with Crippen LogP contribution in [0, 0.1) is 12.7 Å². The van der Waals surface area contributed by atoms with Crippen LogP contribution in [0.4, 0.5) is 10.1 Å². The lowest BCUT2D eigenvalue weighted by Crippen LogP contribution is -2.46. The Morgan fingerprint density at radius 3 is 2.48 bits per heavy atom. The van der Waals surface area contributed by atoms with Gasteiger partial charge in [0.05, 0.1) is 5.60 Å². The smallest absolute Gasteiger partial charge is 0.313 e. The summed E-state index contributed by atoms with van der Waals surface area (Å²) in [5, 5.41) is 15.3. The summed E-state index contributed by atoms with van der Waals surface area (Å²) in [7, 11) is 0. The van der Waals surface area contributed by atoms with E-state index in [4.69, 9.17) is 0 Å². The van der Waals surface area contributed by atoms with Crippen molar-refractivity contribution in [1.29, 1.82) is 0 Å². The van der Waals surface area contributed by atoms with E-state index in [1.165, 1.54) is 25.1 Å². The first-order valence-corrected chi connectivity index (χ1v) is 7.98. The average Bonchev–Trinajstić information content (AvgIpc) is 2.74. The van der Waals surface area contributed by atoms with Gasteiger partial charge in [0.1, 0.15) is 5.82 Å². The molecule has 0 atom stereocenters. The molecule has 1 aromatic carbocycles. The predicted octanol–water partition coefficient (Wildman–Crippen LogP) is 2.27. The summed E-state index contributed by atoms with van der Waals surface area (Å²) in [4.78, 5) is 23.8. The van der Waals surface area contributed by atoms with Crippen LogP contribution in [0.2, 0.25) is 0 Å². The maximum Gasteiger partial charge on any atom is 0.313 e. The van der Waals surface area contributed by atoms with Crippen molar-refractivity contribution in [3.05, 3.63) is 29.6 Å². The van der Waals surface area contributed by atoms with Gasteiger partial charge in [-0.1, -0.05) is 31.7 Å². The molecule has 0 radical (unpaired) electrons. The molecular weight excluding hydrogens is 299 g/mol. The van der Waals surface area contributed by atoms with Crippen LogP contribution in [0.3, 0.4) is 0 Å². The van der Waals surface area contributed by atoms with Crippen molar-refractivity contribution >= 4 is 17.5 Å². The van der Waals surface area contributed by atoms with Crippen LogP contribution in [-0.2, 0) is 9.59 Å². The Hall–Kier alpha value is -1.95. The number of rotatable bonds is 3. The Morgan fingerprint density at radius 1 is 1.17 bits per heavy atom. The van der Waals surface area contributed by atoms with Gasteiger partial charge >= 0.3 is 11.8 Å². The molecule has 1 aliphatic carbocycles. The third kappa shape index (κ3) is 4.76. The molecular formula is C17H23FN2O3. The minimum atomic E-state index is -0.943. The molecule has 23 heavy (non-hydrogen) atoms. The van der Waals surface area contributed by atoms with Crippen LogP contribution < -0.4 is 10.6 Å². The molecule has 2 amide bonds. The number of hydrogen-bond donors (Lipinski definition) is 3. The second-order valence-electron chi connectivity index (χ2n) is 6.19. The molecule has 1 fully saturated rings. The van der Waals surface area contributed by atoms with Gasteiger partial charge in [-0.05, 0) is 31.9 Å². The first-order valence-electron chi connectivity index (χ1n) is 7.98. The highest BCUT2D eigenvalue weighted by Crippen LogP contribution is 2.26. The van der Waals surface area contributed by atoms with Crippen LogP contribution in [0.15, 0.2) is 18.2 Å². The molecule has 0 saturated heterocycles. The zero-order valence-corrected chi connectivity index (χ0v) is 13.3. The Kier molecular flexibility index (Phi) is 5.71. The van der Waals surface area contributed by atoms with Crippen molar-refractivity contribution in [3.8, 4) is 0 Å². The van der Waals surface area contributed by atoms with Crippen molar-refractivity contribution in [2.75, 3.05) is 11.9 Å². The second kappa shape index (κ2) is 7.55.